The maximum Gasteiger partial charge on any atom is 0.351 e. The summed E-state index contributed by atoms with van der Waals surface area (Å²) in [6.07, 6.45) is -0.550. The van der Waals surface area contributed by atoms with Crippen LogP contribution in [0.5, 0.6) is 17.2 Å². The van der Waals surface area contributed by atoms with Gasteiger partial charge in [-0.2, -0.15) is 0 Å². The minimum atomic E-state index is -2.07. The quantitative estimate of drug-likeness (QED) is 0.439. The lowest BCUT2D eigenvalue weighted by atomic mass is 10.2. The molecule has 9 heteroatoms. The Bertz CT molecular complexity index is 763. The Hall–Kier alpha value is -3.30. The first kappa shape index (κ1) is 24.7. The van der Waals surface area contributed by atoms with Gasteiger partial charge in [-0.05, 0) is 0 Å². The number of aliphatic carboxylic acids is 2. The third-order valence-corrected chi connectivity index (χ3v) is 3.87. The molecule has 9 nitrogen and oxygen atoms in total. The molecule has 2 rings (SSSR count). The number of carboxylic acids is 2. The van der Waals surface area contributed by atoms with Gasteiger partial charge in [0.05, 0.1) is 21.3 Å². The first-order chi connectivity index (χ1) is 14.2. The van der Waals surface area contributed by atoms with Crippen LogP contribution >= 0.6 is 0 Å². The molecule has 30 heavy (non-hydrogen) atoms. The molecule has 0 bridgehead atoms. The van der Waals surface area contributed by atoms with Gasteiger partial charge in [-0.1, -0.05) is 30.3 Å². The van der Waals surface area contributed by atoms with Crippen molar-refractivity contribution in [3.8, 4) is 17.2 Å². The summed E-state index contributed by atoms with van der Waals surface area (Å²) in [6, 6.07) is 15.6. The van der Waals surface area contributed by atoms with E-state index in [9.17, 15) is 5.11 Å². The van der Waals surface area contributed by atoms with Crippen LogP contribution in [0.1, 0.15) is 5.56 Å². The number of ether oxygens (including phenoxy) is 3. The first-order valence-corrected chi connectivity index (χ1v) is 9.08. The molecule has 2 unspecified atom stereocenters. The van der Waals surface area contributed by atoms with Gasteiger partial charge in [0.15, 0.2) is 5.97 Å². The third-order valence-electron chi connectivity index (χ3n) is 3.87. The molecule has 0 aliphatic rings. The van der Waals surface area contributed by atoms with Crippen molar-refractivity contribution in [3.05, 3.63) is 54.1 Å². The van der Waals surface area contributed by atoms with Crippen LogP contribution < -0.4 is 24.2 Å². The molecule has 0 amide bonds. The van der Waals surface area contributed by atoms with Crippen molar-refractivity contribution in [2.24, 2.45) is 0 Å². The highest BCUT2D eigenvalue weighted by Crippen LogP contribution is 2.27. The summed E-state index contributed by atoms with van der Waals surface area (Å²) in [5.74, 6) is -2.08. The number of aliphatic hydroxyl groups is 1. The second-order valence-electron chi connectivity index (χ2n) is 6.43. The summed E-state index contributed by atoms with van der Waals surface area (Å²) in [5.41, 5.74) is 1.25. The first-order valence-electron chi connectivity index (χ1n) is 9.08. The number of rotatable bonds is 9. The molecule has 2 aromatic carbocycles. The average molecular weight is 421 g/mol. The number of carbonyl (C=O) groups excluding carboxylic acids is 1. The van der Waals surface area contributed by atoms with Crippen LogP contribution in [0, 0.1) is 0 Å². The topological polar surface area (TPSA) is 130 Å². The van der Waals surface area contributed by atoms with Crippen LogP contribution in [-0.4, -0.2) is 62.7 Å². The van der Waals surface area contributed by atoms with Crippen molar-refractivity contribution in [2.75, 3.05) is 34.4 Å². The second kappa shape index (κ2) is 13.0. The van der Waals surface area contributed by atoms with E-state index in [-0.39, 0.29) is 6.61 Å². The minimum absolute atomic E-state index is 0.225. The summed E-state index contributed by atoms with van der Waals surface area (Å²) in [6.45, 7) is 1.70. The van der Waals surface area contributed by atoms with E-state index >= 15 is 0 Å². The van der Waals surface area contributed by atoms with Gasteiger partial charge in [0, 0.05) is 23.8 Å². The Morgan fingerprint density at radius 1 is 1.03 bits per heavy atom. The average Bonchev–Trinajstić information content (AvgIpc) is 2.72. The van der Waals surface area contributed by atoms with Crippen LogP contribution in [0.25, 0.3) is 0 Å². The monoisotopic (exact) mass is 421 g/mol. The van der Waals surface area contributed by atoms with Crippen molar-refractivity contribution in [2.45, 2.75) is 12.6 Å². The Morgan fingerprint density at radius 3 is 2.00 bits per heavy atom. The molecule has 2 aromatic rings. The van der Waals surface area contributed by atoms with Gasteiger partial charge < -0.3 is 39.2 Å². The molecule has 0 fully saturated rings. The lowest BCUT2D eigenvalue weighted by Gasteiger charge is -2.19. The number of hydrogen-bond donors (Lipinski definition) is 3. The van der Waals surface area contributed by atoms with Gasteiger partial charge in [0.2, 0.25) is 0 Å². The van der Waals surface area contributed by atoms with Gasteiger partial charge in [0.1, 0.15) is 43.0 Å². The van der Waals surface area contributed by atoms with Gasteiger partial charge in [-0.3, -0.25) is 0 Å². The lowest BCUT2D eigenvalue weighted by molar-refractivity contribution is -0.897. The highest BCUT2D eigenvalue weighted by molar-refractivity contribution is 6.26. The summed E-state index contributed by atoms with van der Waals surface area (Å²) in [5, 5.41) is 26.5. The second-order valence-corrected chi connectivity index (χ2v) is 6.43. The van der Waals surface area contributed by atoms with Crippen LogP contribution in [0.3, 0.4) is 0 Å². The molecule has 0 aromatic heterocycles. The lowest BCUT2D eigenvalue weighted by Crippen LogP contribution is -3.09. The van der Waals surface area contributed by atoms with Gasteiger partial charge in [0.25, 0.3) is 0 Å². The number of benzene rings is 2. The number of methoxy groups -OCH3 is 2. The molecule has 0 heterocycles. The number of carbonyl (C=O) groups is 2. The molecule has 0 aliphatic heterocycles. The Labute approximate surface area is 175 Å². The molecule has 2 atom stereocenters. The zero-order chi connectivity index (χ0) is 22.5. The molecule has 0 spiro atoms. The standard InChI is InChI=1S/C19H25NO4.C2H2O4/c1-20(12-15-7-5-4-6-8-15)13-16(21)14-24-19-10-17(22-2)9-18(11-19)23-3;3-1(4)2(5)6/h4-11,16,21H,12-14H2,1-3H3;(H,3,4)(H,5,6). The predicted molar refractivity (Wildman–Crippen MR) is 106 cm³/mol. The van der Waals surface area contributed by atoms with E-state index < -0.39 is 18.0 Å². The van der Waals surface area contributed by atoms with Crippen molar-refractivity contribution < 1.29 is 44.0 Å². The number of nitrogens with one attached hydrogen (secondary N) is 1. The minimum Gasteiger partial charge on any atom is -0.539 e. The highest BCUT2D eigenvalue weighted by Gasteiger charge is 2.13. The van der Waals surface area contributed by atoms with Crippen molar-refractivity contribution in [1.82, 2.24) is 0 Å². The van der Waals surface area contributed by atoms with Crippen molar-refractivity contribution in [3.63, 3.8) is 0 Å². The number of carboxylic acid groups (broad SMARTS) is 2. The molecule has 164 valence electrons. The third kappa shape index (κ3) is 9.76. The number of likely N-dealkylation sites (N-methyl/N-ethyl adjacent to an activating group) is 1. The van der Waals surface area contributed by atoms with Crippen molar-refractivity contribution >= 4 is 11.9 Å². The summed E-state index contributed by atoms with van der Waals surface area (Å²) in [7, 11) is 5.25. The van der Waals surface area contributed by atoms with E-state index in [0.29, 0.717) is 23.8 Å². The molecule has 0 saturated heterocycles. The Balaban J connectivity index is 0.000000656. The normalized spacial score (nSPS) is 12.0. The zero-order valence-electron chi connectivity index (χ0n) is 17.2. The summed E-state index contributed by atoms with van der Waals surface area (Å²) >= 11 is 0. The fraction of sp³-hybridized carbons (Fsp3) is 0.333. The van der Waals surface area contributed by atoms with E-state index in [1.165, 1.54) is 10.5 Å². The zero-order valence-corrected chi connectivity index (χ0v) is 17.2. The van der Waals surface area contributed by atoms with Gasteiger partial charge in [-0.25, -0.2) is 4.79 Å². The summed E-state index contributed by atoms with van der Waals surface area (Å²) < 4.78 is 16.1. The number of quaternary nitrogens is 1. The van der Waals surface area contributed by atoms with E-state index in [1.54, 1.807) is 32.4 Å². The van der Waals surface area contributed by atoms with Crippen molar-refractivity contribution in [1.29, 1.82) is 0 Å². The van der Waals surface area contributed by atoms with E-state index in [2.05, 4.69) is 19.2 Å². The van der Waals surface area contributed by atoms with Crippen LogP contribution in [0.4, 0.5) is 0 Å². The molecular weight excluding hydrogens is 394 g/mol. The maximum atomic E-state index is 10.2. The number of aliphatic hydroxyl groups excluding tert-OH is 1. The summed E-state index contributed by atoms with van der Waals surface area (Å²) in [4.78, 5) is 19.2. The SMILES string of the molecule is COc1cc(OC)cc(OCC(O)C[NH+](C)Cc2ccccc2)c1.O=C([O-])C(=O)O. The van der Waals surface area contributed by atoms with Crippen LogP contribution in [0.2, 0.25) is 0 Å². The fourth-order valence-electron chi connectivity index (χ4n) is 2.53. The molecule has 0 radical (unpaired) electrons. The maximum absolute atomic E-state index is 10.2. The van der Waals surface area contributed by atoms with Crippen LogP contribution in [0.15, 0.2) is 48.5 Å². The predicted octanol–water partition coefficient (Wildman–Crippen LogP) is -1.02. The number of hydrogen-bond acceptors (Lipinski definition) is 7. The largest absolute Gasteiger partial charge is 0.539 e. The Morgan fingerprint density at radius 2 is 1.53 bits per heavy atom. The molecule has 0 saturated carbocycles. The molecular formula is C21H27NO8. The Kier molecular flexibility index (Phi) is 10.7. The molecule has 0 aliphatic carbocycles. The van der Waals surface area contributed by atoms with Gasteiger partial charge in [-0.15, -0.1) is 0 Å². The van der Waals surface area contributed by atoms with Crippen LogP contribution in [-0.2, 0) is 16.1 Å². The molecule has 3 N–H and O–H groups in total. The fourth-order valence-corrected chi connectivity index (χ4v) is 2.53. The van der Waals surface area contributed by atoms with Gasteiger partial charge >= 0.3 is 5.97 Å². The smallest absolute Gasteiger partial charge is 0.351 e. The highest BCUT2D eigenvalue weighted by atomic mass is 16.5. The van der Waals surface area contributed by atoms with E-state index in [1.807, 2.05) is 18.2 Å². The van der Waals surface area contributed by atoms with E-state index in [0.717, 1.165) is 6.54 Å². The van der Waals surface area contributed by atoms with E-state index in [4.69, 9.17) is 34.0 Å².